The van der Waals surface area contributed by atoms with Crippen LogP contribution in [0.25, 0.3) is 0 Å². The Morgan fingerprint density at radius 3 is 2.74 bits per heavy atom. The van der Waals surface area contributed by atoms with Crippen LogP contribution in [0.15, 0.2) is 30.3 Å². The molecule has 0 radical (unpaired) electrons. The molecular weight excluding hydrogens is 292 g/mol. The van der Waals surface area contributed by atoms with Gasteiger partial charge in [-0.2, -0.15) is 0 Å². The van der Waals surface area contributed by atoms with Gasteiger partial charge in [0.2, 0.25) is 0 Å². The van der Waals surface area contributed by atoms with Crippen molar-refractivity contribution in [3.63, 3.8) is 0 Å². The Morgan fingerprint density at radius 2 is 2.04 bits per heavy atom. The molecule has 1 N–H and O–H groups in total. The van der Waals surface area contributed by atoms with E-state index in [0.717, 1.165) is 35.0 Å². The molecule has 0 fully saturated rings. The Morgan fingerprint density at radius 1 is 1.30 bits per heavy atom. The second-order valence-corrected chi connectivity index (χ2v) is 5.74. The number of hydrogen-bond acceptors (Lipinski definition) is 3. The maximum Gasteiger partial charge on any atom is 0.253 e. The number of carbonyl (C=O) groups is 1. The predicted octanol–water partition coefficient (Wildman–Crippen LogP) is 2.69. The maximum atomic E-state index is 12.4. The summed E-state index contributed by atoms with van der Waals surface area (Å²) in [7, 11) is 0. The lowest BCUT2D eigenvalue weighted by atomic mass is 10.2. The summed E-state index contributed by atoms with van der Waals surface area (Å²) < 4.78 is 13.6. The molecule has 1 atom stereocenters. The number of nitrogens with one attached hydrogen (secondary N) is 1. The van der Waals surface area contributed by atoms with Crippen molar-refractivity contribution in [2.24, 2.45) is 0 Å². The molecule has 1 aliphatic rings. The van der Waals surface area contributed by atoms with Crippen molar-refractivity contribution < 1.29 is 14.3 Å². The molecule has 5 heteroatoms. The fraction of sp³-hybridized carbons (Fsp3) is 0.389. The molecule has 3 rings (SSSR count). The summed E-state index contributed by atoms with van der Waals surface area (Å²) in [6.07, 6.45) is -0.177. The van der Waals surface area contributed by atoms with Crippen molar-refractivity contribution in [3.8, 4) is 11.5 Å². The summed E-state index contributed by atoms with van der Waals surface area (Å²) in [5.74, 6) is 1.41. The van der Waals surface area contributed by atoms with Crippen molar-refractivity contribution in [3.05, 3.63) is 47.3 Å². The molecule has 0 saturated heterocycles. The average Bonchev–Trinajstić information content (AvgIpc) is 2.86. The molecule has 122 valence electrons. The standard InChI is InChI=1S/C18H22N2O3/c1-4-20-12(2)9-15(13(20)3)18(21)19-10-14-11-22-16-7-5-6-8-17(16)23-14/h5-9,14H,4,10-11H2,1-3H3,(H,19,21). The van der Waals surface area contributed by atoms with E-state index in [1.165, 1.54) is 0 Å². The number of aromatic nitrogens is 1. The minimum Gasteiger partial charge on any atom is -0.486 e. The van der Waals surface area contributed by atoms with Crippen molar-refractivity contribution in [1.29, 1.82) is 0 Å². The monoisotopic (exact) mass is 314 g/mol. The minimum atomic E-state index is -0.177. The molecule has 0 saturated carbocycles. The Balaban J connectivity index is 1.62. The van der Waals surface area contributed by atoms with Gasteiger partial charge in [0.1, 0.15) is 12.7 Å². The highest BCUT2D eigenvalue weighted by molar-refractivity contribution is 5.95. The Kier molecular flexibility index (Phi) is 4.28. The number of hydrogen-bond donors (Lipinski definition) is 1. The van der Waals surface area contributed by atoms with Crippen LogP contribution in [0.5, 0.6) is 11.5 Å². The van der Waals surface area contributed by atoms with Crippen LogP contribution in [0.2, 0.25) is 0 Å². The van der Waals surface area contributed by atoms with E-state index < -0.39 is 0 Å². The van der Waals surface area contributed by atoms with Crippen molar-refractivity contribution in [1.82, 2.24) is 9.88 Å². The summed E-state index contributed by atoms with van der Waals surface area (Å²) in [5.41, 5.74) is 2.82. The number of fused-ring (bicyclic) bond motifs is 1. The zero-order chi connectivity index (χ0) is 16.4. The molecule has 5 nitrogen and oxygen atoms in total. The van der Waals surface area contributed by atoms with E-state index >= 15 is 0 Å². The molecule has 0 aliphatic carbocycles. The number of rotatable bonds is 4. The Bertz CT molecular complexity index is 721. The van der Waals surface area contributed by atoms with Crippen LogP contribution in [0.3, 0.4) is 0 Å². The summed E-state index contributed by atoms with van der Waals surface area (Å²) in [6.45, 7) is 7.78. The van der Waals surface area contributed by atoms with E-state index in [-0.39, 0.29) is 12.0 Å². The van der Waals surface area contributed by atoms with Crippen LogP contribution in [0, 0.1) is 13.8 Å². The van der Waals surface area contributed by atoms with Gasteiger partial charge in [-0.15, -0.1) is 0 Å². The van der Waals surface area contributed by atoms with Crippen LogP contribution >= 0.6 is 0 Å². The number of ether oxygens (including phenoxy) is 2. The fourth-order valence-corrected chi connectivity index (χ4v) is 2.98. The van der Waals surface area contributed by atoms with E-state index in [1.54, 1.807) is 0 Å². The van der Waals surface area contributed by atoms with E-state index in [1.807, 2.05) is 44.2 Å². The number of para-hydroxylation sites is 2. The van der Waals surface area contributed by atoms with Crippen molar-refractivity contribution >= 4 is 5.91 Å². The first kappa shape index (κ1) is 15.5. The summed E-state index contributed by atoms with van der Waals surface area (Å²) in [4.78, 5) is 12.4. The number of amides is 1. The van der Waals surface area contributed by atoms with E-state index in [0.29, 0.717) is 13.2 Å². The topological polar surface area (TPSA) is 52.5 Å². The van der Waals surface area contributed by atoms with Gasteiger partial charge in [0.05, 0.1) is 12.1 Å². The first-order valence-corrected chi connectivity index (χ1v) is 7.93. The molecule has 2 heterocycles. The molecule has 1 amide bonds. The Labute approximate surface area is 136 Å². The van der Waals surface area contributed by atoms with Gasteiger partial charge in [0.25, 0.3) is 5.91 Å². The molecule has 0 bridgehead atoms. The summed E-state index contributed by atoms with van der Waals surface area (Å²) in [5, 5.41) is 2.95. The second kappa shape index (κ2) is 6.36. The molecule has 2 aromatic rings. The van der Waals surface area contributed by atoms with Gasteiger partial charge in [-0.1, -0.05) is 12.1 Å². The number of benzene rings is 1. The number of nitrogens with zero attached hydrogens (tertiary/aromatic N) is 1. The van der Waals surface area contributed by atoms with Crippen molar-refractivity contribution in [2.45, 2.75) is 33.4 Å². The molecule has 1 aromatic heterocycles. The van der Waals surface area contributed by atoms with Gasteiger partial charge >= 0.3 is 0 Å². The number of aryl methyl sites for hydroxylation is 1. The van der Waals surface area contributed by atoms with E-state index in [4.69, 9.17) is 9.47 Å². The van der Waals surface area contributed by atoms with Gasteiger partial charge in [0, 0.05) is 17.9 Å². The minimum absolute atomic E-state index is 0.0692. The maximum absolute atomic E-state index is 12.4. The van der Waals surface area contributed by atoms with Gasteiger partial charge in [-0.3, -0.25) is 4.79 Å². The highest BCUT2D eigenvalue weighted by atomic mass is 16.6. The van der Waals surface area contributed by atoms with E-state index in [2.05, 4.69) is 16.8 Å². The molecule has 23 heavy (non-hydrogen) atoms. The largest absolute Gasteiger partial charge is 0.486 e. The van der Waals surface area contributed by atoms with Gasteiger partial charge in [0.15, 0.2) is 11.5 Å². The van der Waals surface area contributed by atoms with E-state index in [9.17, 15) is 4.79 Å². The van der Waals surface area contributed by atoms with Crippen LogP contribution in [0.4, 0.5) is 0 Å². The molecule has 1 aromatic carbocycles. The first-order chi connectivity index (χ1) is 11.1. The average molecular weight is 314 g/mol. The first-order valence-electron chi connectivity index (χ1n) is 7.93. The smallest absolute Gasteiger partial charge is 0.253 e. The number of carbonyl (C=O) groups excluding carboxylic acids is 1. The molecule has 0 spiro atoms. The summed E-state index contributed by atoms with van der Waals surface area (Å²) >= 11 is 0. The highest BCUT2D eigenvalue weighted by Gasteiger charge is 2.22. The van der Waals surface area contributed by atoms with Crippen LogP contribution in [-0.4, -0.2) is 29.7 Å². The third-order valence-electron chi connectivity index (χ3n) is 4.19. The molecular formula is C18H22N2O3. The quantitative estimate of drug-likeness (QED) is 0.944. The van der Waals surface area contributed by atoms with Gasteiger partial charge < -0.3 is 19.4 Å². The predicted molar refractivity (Wildman–Crippen MR) is 88.3 cm³/mol. The lowest BCUT2D eigenvalue weighted by Gasteiger charge is -2.26. The molecule has 1 unspecified atom stereocenters. The van der Waals surface area contributed by atoms with Gasteiger partial charge in [-0.05, 0) is 39.0 Å². The fourth-order valence-electron chi connectivity index (χ4n) is 2.98. The van der Waals surface area contributed by atoms with Gasteiger partial charge in [-0.25, -0.2) is 0 Å². The normalized spacial score (nSPS) is 16.2. The lowest BCUT2D eigenvalue weighted by Crippen LogP contribution is -2.40. The second-order valence-electron chi connectivity index (χ2n) is 5.74. The SMILES string of the molecule is CCn1c(C)cc(C(=O)NCC2COc3ccccc3O2)c1C. The highest BCUT2D eigenvalue weighted by Crippen LogP contribution is 2.30. The van der Waals surface area contributed by atoms with Crippen LogP contribution in [-0.2, 0) is 6.54 Å². The summed E-state index contributed by atoms with van der Waals surface area (Å²) in [6, 6.07) is 9.50. The zero-order valence-electron chi connectivity index (χ0n) is 13.8. The lowest BCUT2D eigenvalue weighted by molar-refractivity contribution is 0.0789. The third kappa shape index (κ3) is 3.04. The van der Waals surface area contributed by atoms with Crippen molar-refractivity contribution in [2.75, 3.05) is 13.2 Å². The molecule has 1 aliphatic heterocycles. The zero-order valence-corrected chi connectivity index (χ0v) is 13.8. The Hall–Kier alpha value is -2.43. The van der Waals surface area contributed by atoms with Crippen LogP contribution in [0.1, 0.15) is 28.7 Å². The van der Waals surface area contributed by atoms with Crippen LogP contribution < -0.4 is 14.8 Å². The third-order valence-corrected chi connectivity index (χ3v) is 4.19.